The number of likely N-dealkylation sites (tertiary alicyclic amines) is 1. The smallest absolute Gasteiger partial charge is 0.311 e. The fraction of sp³-hybridized carbons (Fsp3) is 0.647. The molecule has 0 saturated carbocycles. The number of hydrogen-bond acceptors (Lipinski definition) is 6. The molecule has 0 spiro atoms. The Bertz CT molecular complexity index is 620. The van der Waals surface area contributed by atoms with Crippen molar-refractivity contribution in [3.8, 4) is 0 Å². The molecule has 2 rings (SSSR count). The van der Waals surface area contributed by atoms with Crippen molar-refractivity contribution in [3.05, 3.63) is 28.4 Å². The van der Waals surface area contributed by atoms with E-state index in [0.29, 0.717) is 25.6 Å². The molecule has 25 heavy (non-hydrogen) atoms. The molecule has 1 fully saturated rings. The third-order valence-electron chi connectivity index (χ3n) is 4.50. The van der Waals surface area contributed by atoms with Crippen LogP contribution in [0.15, 0.2) is 18.3 Å². The third-order valence-corrected chi connectivity index (χ3v) is 4.50. The molecular weight excluding hydrogens is 322 g/mol. The number of hydrogen-bond donors (Lipinski definition) is 1. The highest BCUT2D eigenvalue weighted by Gasteiger charge is 2.33. The van der Waals surface area contributed by atoms with E-state index in [1.165, 1.54) is 18.3 Å². The normalized spacial score (nSPS) is 18.6. The molecule has 0 unspecified atom stereocenters. The summed E-state index contributed by atoms with van der Waals surface area (Å²) < 4.78 is 0. The first-order chi connectivity index (χ1) is 11.8. The van der Waals surface area contributed by atoms with Gasteiger partial charge >= 0.3 is 5.69 Å². The Morgan fingerprint density at radius 3 is 2.80 bits per heavy atom. The number of pyridine rings is 1. The van der Waals surface area contributed by atoms with Gasteiger partial charge in [0.25, 0.3) is 0 Å². The molecule has 138 valence electrons. The standard InChI is InChI=1S/C17H27N5O3/c1-12(2)10-14(17(23)21-9-7-13(11-21)20(3)4)19-16-15(22(24)25)6-5-8-18-16/h5-6,8,12-14H,7,9-11H2,1-4H3,(H,18,19)/t13-,14+/m1/s1. The van der Waals surface area contributed by atoms with Crippen LogP contribution in [-0.4, -0.2) is 64.9 Å². The van der Waals surface area contributed by atoms with Crippen LogP contribution < -0.4 is 5.32 Å². The molecule has 0 bridgehead atoms. The molecule has 8 heteroatoms. The van der Waals surface area contributed by atoms with Gasteiger partial charge in [0.05, 0.1) is 4.92 Å². The predicted molar refractivity (Wildman–Crippen MR) is 96.4 cm³/mol. The minimum atomic E-state index is -0.519. The van der Waals surface area contributed by atoms with Crippen LogP contribution in [0.1, 0.15) is 26.7 Å². The number of nitrogens with zero attached hydrogens (tertiary/aromatic N) is 4. The fourth-order valence-electron chi connectivity index (χ4n) is 3.10. The Morgan fingerprint density at radius 2 is 2.24 bits per heavy atom. The van der Waals surface area contributed by atoms with Crippen molar-refractivity contribution in [1.29, 1.82) is 0 Å². The number of carbonyl (C=O) groups excluding carboxylic acids is 1. The van der Waals surface area contributed by atoms with Gasteiger partial charge in [0.1, 0.15) is 6.04 Å². The summed E-state index contributed by atoms with van der Waals surface area (Å²) in [7, 11) is 4.03. The first-order valence-corrected chi connectivity index (χ1v) is 8.60. The summed E-state index contributed by atoms with van der Waals surface area (Å²) in [6, 6.07) is 2.75. The molecule has 1 aliphatic rings. The highest BCUT2D eigenvalue weighted by atomic mass is 16.6. The largest absolute Gasteiger partial charge is 0.353 e. The van der Waals surface area contributed by atoms with Gasteiger partial charge in [-0.3, -0.25) is 14.9 Å². The number of nitro groups is 1. The van der Waals surface area contributed by atoms with E-state index in [0.717, 1.165) is 6.42 Å². The number of amides is 1. The molecule has 2 heterocycles. The molecule has 1 saturated heterocycles. The fourth-order valence-corrected chi connectivity index (χ4v) is 3.10. The van der Waals surface area contributed by atoms with Crippen LogP contribution in [0, 0.1) is 16.0 Å². The second kappa shape index (κ2) is 8.24. The summed E-state index contributed by atoms with van der Waals surface area (Å²) in [6.07, 6.45) is 3.02. The number of aromatic nitrogens is 1. The zero-order valence-electron chi connectivity index (χ0n) is 15.3. The van der Waals surface area contributed by atoms with E-state index >= 15 is 0 Å². The maximum atomic E-state index is 13.0. The molecule has 8 nitrogen and oxygen atoms in total. The maximum Gasteiger partial charge on any atom is 0.311 e. The van der Waals surface area contributed by atoms with Crippen LogP contribution >= 0.6 is 0 Å². The summed E-state index contributed by atoms with van der Waals surface area (Å²) in [5.41, 5.74) is -0.114. The zero-order chi connectivity index (χ0) is 18.6. The lowest BCUT2D eigenvalue weighted by atomic mass is 10.0. The van der Waals surface area contributed by atoms with Gasteiger partial charge in [0.15, 0.2) is 0 Å². The van der Waals surface area contributed by atoms with Crippen molar-refractivity contribution in [2.45, 2.75) is 38.8 Å². The quantitative estimate of drug-likeness (QED) is 0.598. The number of anilines is 1. The Labute approximate surface area is 148 Å². The summed E-state index contributed by atoms with van der Waals surface area (Å²) in [6.45, 7) is 5.46. The molecule has 0 radical (unpaired) electrons. The van der Waals surface area contributed by atoms with Gasteiger partial charge < -0.3 is 15.1 Å². The van der Waals surface area contributed by atoms with Crippen molar-refractivity contribution in [1.82, 2.24) is 14.8 Å². The molecule has 0 aromatic carbocycles. The lowest BCUT2D eigenvalue weighted by Gasteiger charge is -2.26. The van der Waals surface area contributed by atoms with Crippen LogP contribution in [0.25, 0.3) is 0 Å². The van der Waals surface area contributed by atoms with E-state index in [9.17, 15) is 14.9 Å². The van der Waals surface area contributed by atoms with Crippen LogP contribution in [-0.2, 0) is 4.79 Å². The van der Waals surface area contributed by atoms with Crippen molar-refractivity contribution in [2.75, 3.05) is 32.5 Å². The van der Waals surface area contributed by atoms with E-state index in [2.05, 4.69) is 15.2 Å². The molecule has 1 aromatic heterocycles. The third kappa shape index (κ3) is 4.88. The Hall–Kier alpha value is -2.22. The van der Waals surface area contributed by atoms with Crippen LogP contribution in [0.3, 0.4) is 0 Å². The van der Waals surface area contributed by atoms with Crippen molar-refractivity contribution >= 4 is 17.4 Å². The molecule has 1 aliphatic heterocycles. The zero-order valence-corrected chi connectivity index (χ0v) is 15.3. The predicted octanol–water partition coefficient (Wildman–Crippen LogP) is 1.98. The van der Waals surface area contributed by atoms with E-state index in [4.69, 9.17) is 0 Å². The van der Waals surface area contributed by atoms with Crippen molar-refractivity contribution in [3.63, 3.8) is 0 Å². The second-order valence-electron chi connectivity index (χ2n) is 7.15. The van der Waals surface area contributed by atoms with Crippen LogP contribution in [0.2, 0.25) is 0 Å². The Kier molecular flexibility index (Phi) is 6.30. The number of carbonyl (C=O) groups is 1. The van der Waals surface area contributed by atoms with Gasteiger partial charge in [-0.15, -0.1) is 0 Å². The first kappa shape index (κ1) is 19.1. The van der Waals surface area contributed by atoms with Gasteiger partial charge in [-0.25, -0.2) is 4.98 Å². The summed E-state index contributed by atoms with van der Waals surface area (Å²) in [5, 5.41) is 14.2. The Morgan fingerprint density at radius 1 is 1.52 bits per heavy atom. The molecule has 2 atom stereocenters. The minimum Gasteiger partial charge on any atom is -0.353 e. The van der Waals surface area contributed by atoms with Gasteiger partial charge in [0, 0.05) is 31.4 Å². The topological polar surface area (TPSA) is 91.6 Å². The maximum absolute atomic E-state index is 13.0. The van der Waals surface area contributed by atoms with Crippen molar-refractivity contribution < 1.29 is 9.72 Å². The number of likely N-dealkylation sites (N-methyl/N-ethyl adjacent to an activating group) is 1. The monoisotopic (exact) mass is 349 g/mol. The van der Waals surface area contributed by atoms with Crippen LogP contribution in [0.5, 0.6) is 0 Å². The molecular formula is C17H27N5O3. The number of rotatable bonds is 7. The lowest BCUT2D eigenvalue weighted by Crippen LogP contribution is -2.44. The van der Waals surface area contributed by atoms with Crippen LogP contribution in [0.4, 0.5) is 11.5 Å². The number of nitrogens with one attached hydrogen (secondary N) is 1. The summed E-state index contributed by atoms with van der Waals surface area (Å²) in [5.74, 6) is 0.407. The highest BCUT2D eigenvalue weighted by molar-refractivity contribution is 5.85. The average Bonchev–Trinajstić information content (AvgIpc) is 3.03. The molecule has 1 amide bonds. The van der Waals surface area contributed by atoms with Gasteiger partial charge in [-0.2, -0.15) is 0 Å². The molecule has 0 aliphatic carbocycles. The first-order valence-electron chi connectivity index (χ1n) is 8.60. The van der Waals surface area contributed by atoms with E-state index in [1.54, 1.807) is 0 Å². The second-order valence-corrected chi connectivity index (χ2v) is 7.15. The van der Waals surface area contributed by atoms with Gasteiger partial charge in [0.2, 0.25) is 11.7 Å². The van der Waals surface area contributed by atoms with Crippen molar-refractivity contribution in [2.24, 2.45) is 5.92 Å². The summed E-state index contributed by atoms with van der Waals surface area (Å²) >= 11 is 0. The lowest BCUT2D eigenvalue weighted by molar-refractivity contribution is -0.384. The minimum absolute atomic E-state index is 0.0157. The van der Waals surface area contributed by atoms with E-state index in [-0.39, 0.29) is 23.3 Å². The van der Waals surface area contributed by atoms with E-state index < -0.39 is 11.0 Å². The molecule has 1 aromatic rings. The highest BCUT2D eigenvalue weighted by Crippen LogP contribution is 2.24. The Balaban J connectivity index is 2.17. The average molecular weight is 349 g/mol. The van der Waals surface area contributed by atoms with Gasteiger partial charge in [-0.1, -0.05) is 13.8 Å². The molecule has 1 N–H and O–H groups in total. The summed E-state index contributed by atoms with van der Waals surface area (Å²) in [4.78, 5) is 31.7. The SMILES string of the molecule is CC(C)C[C@H](Nc1ncccc1[N+](=O)[O-])C(=O)N1CC[C@@H](N(C)C)C1. The van der Waals surface area contributed by atoms with E-state index in [1.807, 2.05) is 32.8 Å². The van der Waals surface area contributed by atoms with Gasteiger partial charge in [-0.05, 0) is 38.9 Å².